The number of aryl methyl sites for hydroxylation is 2. The fourth-order valence-electron chi connectivity index (χ4n) is 1.53. The Morgan fingerprint density at radius 2 is 2.23 bits per heavy atom. The molecule has 0 spiro atoms. The summed E-state index contributed by atoms with van der Waals surface area (Å²) in [5, 5.41) is 0. The van der Waals surface area contributed by atoms with E-state index in [4.69, 9.17) is 4.42 Å². The van der Waals surface area contributed by atoms with E-state index in [2.05, 4.69) is 11.9 Å². The summed E-state index contributed by atoms with van der Waals surface area (Å²) >= 11 is 0. The second-order valence-corrected chi connectivity index (χ2v) is 3.14. The Bertz CT molecular complexity index is 493. The molecule has 0 radical (unpaired) electrons. The van der Waals surface area contributed by atoms with Gasteiger partial charge in [-0.25, -0.2) is 4.79 Å². The van der Waals surface area contributed by atoms with Gasteiger partial charge in [-0.05, 0) is 36.6 Å². The molecular weight excluding hydrogens is 166 g/mol. The molecule has 3 nitrogen and oxygen atoms in total. The van der Waals surface area contributed by atoms with E-state index in [9.17, 15) is 4.79 Å². The molecule has 0 atom stereocenters. The first-order chi connectivity index (χ1) is 6.20. The van der Waals surface area contributed by atoms with Crippen molar-refractivity contribution in [1.29, 1.82) is 0 Å². The molecule has 0 aliphatic rings. The number of benzene rings is 1. The summed E-state index contributed by atoms with van der Waals surface area (Å²) in [6, 6.07) is 3.86. The van der Waals surface area contributed by atoms with Gasteiger partial charge in [-0.1, -0.05) is 6.92 Å². The fraction of sp³-hybridized carbons (Fsp3) is 0.300. The van der Waals surface area contributed by atoms with Crippen molar-refractivity contribution in [2.45, 2.75) is 20.3 Å². The molecule has 0 aliphatic carbocycles. The van der Waals surface area contributed by atoms with Crippen molar-refractivity contribution in [2.24, 2.45) is 0 Å². The molecule has 3 heteroatoms. The number of aromatic amines is 1. The molecule has 1 aromatic carbocycles. The maximum absolute atomic E-state index is 10.9. The monoisotopic (exact) mass is 177 g/mol. The van der Waals surface area contributed by atoms with Crippen LogP contribution in [0.1, 0.15) is 18.1 Å². The maximum atomic E-state index is 10.9. The zero-order valence-electron chi connectivity index (χ0n) is 7.68. The van der Waals surface area contributed by atoms with Crippen LogP contribution in [0.15, 0.2) is 21.3 Å². The van der Waals surface area contributed by atoms with Crippen molar-refractivity contribution in [1.82, 2.24) is 4.98 Å². The number of fused-ring (bicyclic) bond motifs is 1. The van der Waals surface area contributed by atoms with Crippen LogP contribution in [0.2, 0.25) is 0 Å². The summed E-state index contributed by atoms with van der Waals surface area (Å²) in [6.45, 7) is 4.11. The van der Waals surface area contributed by atoms with Gasteiger partial charge in [0.25, 0.3) is 0 Å². The molecule has 0 bridgehead atoms. The van der Waals surface area contributed by atoms with Gasteiger partial charge in [-0.15, -0.1) is 0 Å². The van der Waals surface area contributed by atoms with Crippen LogP contribution in [0.5, 0.6) is 0 Å². The SMILES string of the molecule is CCc1cc2oc(=O)[nH]c2cc1C. The van der Waals surface area contributed by atoms with Crippen LogP contribution in [0.4, 0.5) is 0 Å². The summed E-state index contributed by atoms with van der Waals surface area (Å²) < 4.78 is 4.95. The van der Waals surface area contributed by atoms with Crippen molar-refractivity contribution in [3.8, 4) is 0 Å². The predicted octanol–water partition coefficient (Wildman–Crippen LogP) is 1.99. The first-order valence-corrected chi connectivity index (χ1v) is 4.33. The van der Waals surface area contributed by atoms with Crippen LogP contribution < -0.4 is 5.76 Å². The minimum atomic E-state index is -0.386. The van der Waals surface area contributed by atoms with Crippen LogP contribution in [0.3, 0.4) is 0 Å². The fourth-order valence-corrected chi connectivity index (χ4v) is 1.53. The van der Waals surface area contributed by atoms with Gasteiger partial charge >= 0.3 is 5.76 Å². The van der Waals surface area contributed by atoms with Gasteiger partial charge in [0, 0.05) is 0 Å². The molecule has 0 saturated heterocycles. The second-order valence-electron chi connectivity index (χ2n) is 3.14. The molecular formula is C10H11NO2. The summed E-state index contributed by atoms with van der Waals surface area (Å²) in [4.78, 5) is 13.5. The minimum absolute atomic E-state index is 0.386. The Balaban J connectivity index is 2.80. The smallest absolute Gasteiger partial charge is 0.408 e. The highest BCUT2D eigenvalue weighted by atomic mass is 16.4. The molecule has 13 heavy (non-hydrogen) atoms. The van der Waals surface area contributed by atoms with Gasteiger partial charge in [0.2, 0.25) is 0 Å². The molecule has 1 N–H and O–H groups in total. The van der Waals surface area contributed by atoms with E-state index < -0.39 is 0 Å². The van der Waals surface area contributed by atoms with Gasteiger partial charge in [0.15, 0.2) is 5.58 Å². The summed E-state index contributed by atoms with van der Waals surface area (Å²) in [6.07, 6.45) is 0.955. The Morgan fingerprint density at radius 3 is 2.92 bits per heavy atom. The molecule has 1 heterocycles. The zero-order valence-corrected chi connectivity index (χ0v) is 7.68. The first kappa shape index (κ1) is 8.10. The predicted molar refractivity (Wildman–Crippen MR) is 50.9 cm³/mol. The molecule has 2 aromatic rings. The van der Waals surface area contributed by atoms with E-state index in [0.29, 0.717) is 5.58 Å². The molecule has 2 rings (SSSR count). The summed E-state index contributed by atoms with van der Waals surface area (Å²) in [5.41, 5.74) is 3.83. The number of hydrogen-bond acceptors (Lipinski definition) is 2. The molecule has 1 aromatic heterocycles. The number of hydrogen-bond donors (Lipinski definition) is 1. The Hall–Kier alpha value is -1.51. The molecule has 0 amide bonds. The highest BCUT2D eigenvalue weighted by molar-refractivity contribution is 5.74. The van der Waals surface area contributed by atoms with Crippen LogP contribution in [-0.4, -0.2) is 4.98 Å². The van der Waals surface area contributed by atoms with Crippen molar-refractivity contribution >= 4 is 11.1 Å². The largest absolute Gasteiger partial charge is 0.417 e. The third-order valence-corrected chi connectivity index (χ3v) is 2.26. The number of nitrogens with one attached hydrogen (secondary N) is 1. The van der Waals surface area contributed by atoms with Crippen molar-refractivity contribution in [2.75, 3.05) is 0 Å². The summed E-state index contributed by atoms with van der Waals surface area (Å²) in [5.74, 6) is -0.386. The van der Waals surface area contributed by atoms with Crippen molar-refractivity contribution in [3.63, 3.8) is 0 Å². The lowest BCUT2D eigenvalue weighted by Crippen LogP contribution is -1.92. The van der Waals surface area contributed by atoms with Crippen molar-refractivity contribution in [3.05, 3.63) is 33.8 Å². The summed E-state index contributed by atoms with van der Waals surface area (Å²) in [7, 11) is 0. The molecule has 0 unspecified atom stereocenters. The Labute approximate surface area is 75.4 Å². The molecule has 0 saturated carbocycles. The van der Waals surface area contributed by atoms with E-state index in [0.717, 1.165) is 11.9 Å². The van der Waals surface area contributed by atoms with Crippen LogP contribution in [0.25, 0.3) is 11.1 Å². The third-order valence-electron chi connectivity index (χ3n) is 2.26. The average molecular weight is 177 g/mol. The van der Waals surface area contributed by atoms with E-state index in [1.54, 1.807) is 0 Å². The lowest BCUT2D eigenvalue weighted by molar-refractivity contribution is 0.555. The van der Waals surface area contributed by atoms with E-state index in [1.165, 1.54) is 11.1 Å². The lowest BCUT2D eigenvalue weighted by atomic mass is 10.1. The van der Waals surface area contributed by atoms with Gasteiger partial charge in [0.1, 0.15) is 0 Å². The second kappa shape index (κ2) is 2.76. The van der Waals surface area contributed by atoms with E-state index in [-0.39, 0.29) is 5.76 Å². The van der Waals surface area contributed by atoms with Gasteiger partial charge in [-0.2, -0.15) is 0 Å². The highest BCUT2D eigenvalue weighted by Gasteiger charge is 2.03. The van der Waals surface area contributed by atoms with E-state index in [1.807, 2.05) is 19.1 Å². The minimum Gasteiger partial charge on any atom is -0.408 e. The number of aromatic nitrogens is 1. The van der Waals surface area contributed by atoms with Gasteiger partial charge in [0.05, 0.1) is 5.52 Å². The Morgan fingerprint density at radius 1 is 1.46 bits per heavy atom. The number of rotatable bonds is 1. The Kier molecular flexibility index (Phi) is 1.72. The standard InChI is InChI=1S/C10H11NO2/c1-3-7-5-9-8(4-6(7)2)11-10(12)13-9/h4-5H,3H2,1-2H3,(H,11,12). The van der Waals surface area contributed by atoms with Gasteiger partial charge < -0.3 is 4.42 Å². The van der Waals surface area contributed by atoms with E-state index >= 15 is 0 Å². The van der Waals surface area contributed by atoms with Crippen LogP contribution in [-0.2, 0) is 6.42 Å². The number of H-pyrrole nitrogens is 1. The number of oxazole rings is 1. The molecule has 68 valence electrons. The highest BCUT2D eigenvalue weighted by Crippen LogP contribution is 2.17. The topological polar surface area (TPSA) is 46.0 Å². The van der Waals surface area contributed by atoms with Crippen molar-refractivity contribution < 1.29 is 4.42 Å². The quantitative estimate of drug-likeness (QED) is 0.724. The normalized spacial score (nSPS) is 10.9. The lowest BCUT2D eigenvalue weighted by Gasteiger charge is -2.00. The van der Waals surface area contributed by atoms with Crippen LogP contribution in [0, 0.1) is 6.92 Å². The molecule has 0 fully saturated rings. The van der Waals surface area contributed by atoms with Gasteiger partial charge in [-0.3, -0.25) is 4.98 Å². The maximum Gasteiger partial charge on any atom is 0.417 e. The average Bonchev–Trinajstić information content (AvgIpc) is 2.42. The first-order valence-electron chi connectivity index (χ1n) is 4.33. The third kappa shape index (κ3) is 1.26. The van der Waals surface area contributed by atoms with Crippen LogP contribution >= 0.6 is 0 Å². The molecule has 0 aliphatic heterocycles. The zero-order chi connectivity index (χ0) is 9.42.